The quantitative estimate of drug-likeness (QED) is 0.721. The molecule has 0 saturated carbocycles. The Hall–Kier alpha value is -0.770. The molecule has 4 heteroatoms. The van der Waals surface area contributed by atoms with Crippen LogP contribution in [0.3, 0.4) is 0 Å². The summed E-state index contributed by atoms with van der Waals surface area (Å²) in [5, 5.41) is 0.771. The minimum atomic E-state index is -0.389. The van der Waals surface area contributed by atoms with Gasteiger partial charge in [0.15, 0.2) is 0 Å². The first-order valence-corrected chi connectivity index (χ1v) is 6.47. The first kappa shape index (κ1) is 10.7. The number of aromatic nitrogens is 1. The van der Waals surface area contributed by atoms with Crippen molar-refractivity contribution in [2.24, 2.45) is 0 Å². The number of thioether (sulfide) groups is 1. The predicted octanol–water partition coefficient (Wildman–Crippen LogP) is 2.55. The van der Waals surface area contributed by atoms with Crippen molar-refractivity contribution in [3.05, 3.63) is 24.3 Å². The molecule has 1 aromatic rings. The van der Waals surface area contributed by atoms with Crippen LogP contribution in [0.15, 0.2) is 18.3 Å². The fourth-order valence-electron chi connectivity index (χ4n) is 1.94. The van der Waals surface area contributed by atoms with Gasteiger partial charge in [-0.05, 0) is 25.2 Å². The van der Waals surface area contributed by atoms with E-state index in [1.165, 1.54) is 25.1 Å². The first-order valence-electron chi connectivity index (χ1n) is 5.19. The Morgan fingerprint density at radius 1 is 1.47 bits per heavy atom. The van der Waals surface area contributed by atoms with E-state index in [9.17, 15) is 4.39 Å². The largest absolute Gasteiger partial charge is 0.371 e. The van der Waals surface area contributed by atoms with Gasteiger partial charge in [-0.3, -0.25) is 0 Å². The van der Waals surface area contributed by atoms with Gasteiger partial charge in [0.1, 0.15) is 0 Å². The van der Waals surface area contributed by atoms with Crippen LogP contribution in [-0.2, 0) is 0 Å². The number of hydrogen-bond donors (Lipinski definition) is 0. The first-order chi connectivity index (χ1) is 7.29. The Balaban J connectivity index is 2.01. The summed E-state index contributed by atoms with van der Waals surface area (Å²) >= 11 is 1.93. The number of rotatable bonds is 2. The molecule has 0 spiro atoms. The second-order valence-corrected chi connectivity index (χ2v) is 4.90. The number of anilines is 1. The molecule has 15 heavy (non-hydrogen) atoms. The lowest BCUT2D eigenvalue weighted by Gasteiger charge is -2.32. The number of pyridine rings is 1. The van der Waals surface area contributed by atoms with Gasteiger partial charge >= 0.3 is 0 Å². The van der Waals surface area contributed by atoms with E-state index in [0.29, 0.717) is 0 Å². The van der Waals surface area contributed by atoms with E-state index in [1.54, 1.807) is 0 Å². The van der Waals surface area contributed by atoms with Crippen LogP contribution in [0, 0.1) is 5.95 Å². The van der Waals surface area contributed by atoms with Crippen molar-refractivity contribution >= 4 is 17.4 Å². The molecule has 2 rings (SSSR count). The highest BCUT2D eigenvalue weighted by Gasteiger charge is 2.18. The van der Waals surface area contributed by atoms with Crippen LogP contribution in [0.2, 0.25) is 0 Å². The second-order valence-electron chi connectivity index (χ2n) is 3.76. The van der Waals surface area contributed by atoms with Crippen LogP contribution in [0.25, 0.3) is 0 Å². The Kier molecular flexibility index (Phi) is 3.46. The highest BCUT2D eigenvalue weighted by atomic mass is 32.2. The highest BCUT2D eigenvalue weighted by Crippen LogP contribution is 2.25. The summed E-state index contributed by atoms with van der Waals surface area (Å²) in [5.74, 6) is -0.389. The molecule has 82 valence electrons. The predicted molar refractivity (Wildman–Crippen MR) is 62.9 cm³/mol. The maximum atomic E-state index is 12.9. The smallest absolute Gasteiger partial charge is 0.214 e. The van der Waals surface area contributed by atoms with Gasteiger partial charge in [0.2, 0.25) is 5.95 Å². The Labute approximate surface area is 93.9 Å². The van der Waals surface area contributed by atoms with E-state index in [4.69, 9.17) is 0 Å². The molecule has 1 fully saturated rings. The molecular formula is C11H15FN2S. The zero-order valence-electron chi connectivity index (χ0n) is 8.82. The van der Waals surface area contributed by atoms with Crippen molar-refractivity contribution in [2.45, 2.75) is 18.1 Å². The average molecular weight is 226 g/mol. The van der Waals surface area contributed by atoms with Gasteiger partial charge in [0.05, 0.1) is 0 Å². The molecule has 1 aromatic heterocycles. The maximum absolute atomic E-state index is 12.9. The molecule has 2 heterocycles. The Morgan fingerprint density at radius 2 is 2.20 bits per heavy atom. The molecule has 1 aliphatic heterocycles. The number of halogens is 1. The third-order valence-electron chi connectivity index (χ3n) is 2.85. The Morgan fingerprint density at radius 3 is 2.80 bits per heavy atom. The lowest BCUT2D eigenvalue weighted by molar-refractivity contribution is 0.571. The summed E-state index contributed by atoms with van der Waals surface area (Å²) in [7, 11) is 0. The molecule has 0 unspecified atom stereocenters. The molecule has 1 saturated heterocycles. The normalized spacial score (nSPS) is 18.1. The molecule has 0 aromatic carbocycles. The van der Waals surface area contributed by atoms with Gasteiger partial charge in [-0.2, -0.15) is 16.2 Å². The van der Waals surface area contributed by atoms with Crippen LogP contribution < -0.4 is 4.90 Å². The van der Waals surface area contributed by atoms with Gasteiger partial charge in [0, 0.05) is 36.3 Å². The Bertz CT molecular complexity index is 324. The lowest BCUT2D eigenvalue weighted by Crippen LogP contribution is -2.34. The van der Waals surface area contributed by atoms with E-state index >= 15 is 0 Å². The van der Waals surface area contributed by atoms with Crippen molar-refractivity contribution in [2.75, 3.05) is 24.2 Å². The van der Waals surface area contributed by atoms with Crippen LogP contribution in [0.5, 0.6) is 0 Å². The van der Waals surface area contributed by atoms with Gasteiger partial charge in [-0.1, -0.05) is 0 Å². The summed E-state index contributed by atoms with van der Waals surface area (Å²) < 4.78 is 12.9. The third kappa shape index (κ3) is 2.62. The van der Waals surface area contributed by atoms with E-state index in [1.807, 2.05) is 17.8 Å². The van der Waals surface area contributed by atoms with Crippen LogP contribution >= 0.6 is 11.8 Å². The molecule has 0 radical (unpaired) electrons. The summed E-state index contributed by atoms with van der Waals surface area (Å²) in [5.41, 5.74) is 0.960. The fraction of sp³-hybridized carbons (Fsp3) is 0.545. The van der Waals surface area contributed by atoms with Gasteiger partial charge < -0.3 is 4.90 Å². The molecule has 1 aliphatic rings. The lowest BCUT2D eigenvalue weighted by atomic mass is 10.1. The van der Waals surface area contributed by atoms with E-state index in [-0.39, 0.29) is 5.95 Å². The molecule has 0 amide bonds. The summed E-state index contributed by atoms with van der Waals surface area (Å²) in [6.07, 6.45) is 6.06. The molecule has 0 aliphatic carbocycles. The summed E-state index contributed by atoms with van der Waals surface area (Å²) in [6.45, 7) is 2.05. The standard InChI is InChI=1S/C11H15FN2S/c1-15-10-3-6-14(7-4-10)9-2-5-13-11(12)8-9/h2,5,8,10H,3-4,6-7H2,1H3. The minimum Gasteiger partial charge on any atom is -0.371 e. The monoisotopic (exact) mass is 226 g/mol. The highest BCUT2D eigenvalue weighted by molar-refractivity contribution is 7.99. The molecule has 0 N–H and O–H groups in total. The van der Waals surface area contributed by atoms with E-state index in [0.717, 1.165) is 24.0 Å². The number of nitrogens with zero attached hydrogens (tertiary/aromatic N) is 2. The van der Waals surface area contributed by atoms with Crippen molar-refractivity contribution in [1.82, 2.24) is 4.98 Å². The zero-order chi connectivity index (χ0) is 10.7. The van der Waals surface area contributed by atoms with Crippen molar-refractivity contribution in [3.8, 4) is 0 Å². The number of hydrogen-bond acceptors (Lipinski definition) is 3. The summed E-state index contributed by atoms with van der Waals surface area (Å²) in [4.78, 5) is 5.80. The molecular weight excluding hydrogens is 211 g/mol. The minimum absolute atomic E-state index is 0.389. The van der Waals surface area contributed by atoms with Crippen LogP contribution in [0.1, 0.15) is 12.8 Å². The van der Waals surface area contributed by atoms with Gasteiger partial charge in [-0.25, -0.2) is 4.98 Å². The van der Waals surface area contributed by atoms with Crippen molar-refractivity contribution < 1.29 is 4.39 Å². The fourth-order valence-corrected chi connectivity index (χ4v) is 2.62. The molecule has 0 atom stereocenters. The van der Waals surface area contributed by atoms with Crippen molar-refractivity contribution in [3.63, 3.8) is 0 Å². The van der Waals surface area contributed by atoms with E-state index in [2.05, 4.69) is 16.1 Å². The zero-order valence-corrected chi connectivity index (χ0v) is 9.63. The summed E-state index contributed by atoms with van der Waals surface area (Å²) in [6, 6.07) is 3.39. The van der Waals surface area contributed by atoms with Crippen LogP contribution in [-0.4, -0.2) is 29.6 Å². The van der Waals surface area contributed by atoms with Crippen LogP contribution in [0.4, 0.5) is 10.1 Å². The van der Waals surface area contributed by atoms with Gasteiger partial charge in [-0.15, -0.1) is 0 Å². The number of piperidine rings is 1. The average Bonchev–Trinajstić information content (AvgIpc) is 2.29. The molecule has 2 nitrogen and oxygen atoms in total. The second kappa shape index (κ2) is 4.84. The maximum Gasteiger partial charge on any atom is 0.214 e. The molecule has 0 bridgehead atoms. The van der Waals surface area contributed by atoms with Gasteiger partial charge in [0.25, 0.3) is 0 Å². The van der Waals surface area contributed by atoms with Crippen molar-refractivity contribution in [1.29, 1.82) is 0 Å². The van der Waals surface area contributed by atoms with E-state index < -0.39 is 0 Å². The SMILES string of the molecule is CSC1CCN(c2ccnc(F)c2)CC1. The third-order valence-corrected chi connectivity index (χ3v) is 3.99. The topological polar surface area (TPSA) is 16.1 Å².